The fourth-order valence-electron chi connectivity index (χ4n) is 2.37. The zero-order valence-corrected chi connectivity index (χ0v) is 16.0. The van der Waals surface area contributed by atoms with Crippen LogP contribution in [0.5, 0.6) is 5.75 Å². The van der Waals surface area contributed by atoms with Crippen molar-refractivity contribution in [3.05, 3.63) is 54.1 Å². The van der Waals surface area contributed by atoms with Crippen LogP contribution >= 0.6 is 0 Å². The zero-order valence-electron chi connectivity index (χ0n) is 14.4. The van der Waals surface area contributed by atoms with Crippen molar-refractivity contribution in [2.24, 2.45) is 5.14 Å². The van der Waals surface area contributed by atoms with Gasteiger partial charge in [0.1, 0.15) is 10.6 Å². The van der Waals surface area contributed by atoms with E-state index >= 15 is 0 Å². The van der Waals surface area contributed by atoms with Crippen LogP contribution in [0.2, 0.25) is 0 Å². The molecule has 0 heterocycles. The first kappa shape index (κ1) is 21.2. The summed E-state index contributed by atoms with van der Waals surface area (Å²) < 4.78 is 78.7. The summed E-state index contributed by atoms with van der Waals surface area (Å²) in [5, 5.41) is 5.04. The van der Waals surface area contributed by atoms with E-state index in [2.05, 4.69) is 4.74 Å². The van der Waals surface area contributed by atoms with Crippen LogP contribution in [0.4, 0.5) is 8.78 Å². The van der Waals surface area contributed by atoms with Crippen molar-refractivity contribution in [2.75, 3.05) is 7.05 Å². The standard InChI is InChI=1S/C16H18F2N2O5S2/c1-11(12-7-9-13(10-8-12)26(19,21)22)20(2)27(23,24)15-6-4-3-5-14(15)25-16(17)18/h3-11,16H,1-2H3,(H2,19,21,22). The second-order valence-corrected chi connectivity index (χ2v) is 9.16. The van der Waals surface area contributed by atoms with Gasteiger partial charge in [0.25, 0.3) is 0 Å². The summed E-state index contributed by atoms with van der Waals surface area (Å²) in [7, 11) is -6.76. The molecule has 0 saturated carbocycles. The lowest BCUT2D eigenvalue weighted by Crippen LogP contribution is -2.30. The summed E-state index contributed by atoms with van der Waals surface area (Å²) in [4.78, 5) is -0.513. The van der Waals surface area contributed by atoms with Crippen LogP contribution in [-0.4, -0.2) is 34.8 Å². The Kier molecular flexibility index (Phi) is 6.20. The van der Waals surface area contributed by atoms with Crippen molar-refractivity contribution in [3.8, 4) is 5.75 Å². The second-order valence-electron chi connectivity index (χ2n) is 5.64. The minimum Gasteiger partial charge on any atom is -0.433 e. The maximum Gasteiger partial charge on any atom is 0.387 e. The molecule has 2 N–H and O–H groups in total. The van der Waals surface area contributed by atoms with Gasteiger partial charge in [-0.25, -0.2) is 22.0 Å². The topological polar surface area (TPSA) is 107 Å². The molecule has 0 aromatic heterocycles. The van der Waals surface area contributed by atoms with Crippen LogP contribution in [0.15, 0.2) is 58.3 Å². The molecule has 0 fully saturated rings. The maximum atomic E-state index is 12.9. The minimum absolute atomic E-state index is 0.111. The van der Waals surface area contributed by atoms with Crippen molar-refractivity contribution in [2.45, 2.75) is 29.4 Å². The Labute approximate surface area is 156 Å². The molecule has 0 amide bonds. The summed E-state index contributed by atoms with van der Waals surface area (Å²) in [5.41, 5.74) is 0.487. The maximum absolute atomic E-state index is 12.9. The van der Waals surface area contributed by atoms with E-state index in [-0.39, 0.29) is 4.90 Å². The van der Waals surface area contributed by atoms with E-state index in [1.165, 1.54) is 49.5 Å². The second kappa shape index (κ2) is 7.89. The van der Waals surface area contributed by atoms with Crippen molar-refractivity contribution < 1.29 is 30.4 Å². The third-order valence-electron chi connectivity index (χ3n) is 3.96. The zero-order chi connectivity index (χ0) is 20.4. The van der Waals surface area contributed by atoms with Crippen molar-refractivity contribution in [3.63, 3.8) is 0 Å². The van der Waals surface area contributed by atoms with E-state index in [4.69, 9.17) is 5.14 Å². The van der Waals surface area contributed by atoms with Crippen LogP contribution in [0, 0.1) is 0 Å². The van der Waals surface area contributed by atoms with Crippen LogP contribution < -0.4 is 9.88 Å². The quantitative estimate of drug-likeness (QED) is 0.740. The smallest absolute Gasteiger partial charge is 0.387 e. The number of rotatable bonds is 7. The molecule has 1 atom stereocenters. The molecule has 27 heavy (non-hydrogen) atoms. The van der Waals surface area contributed by atoms with Crippen molar-refractivity contribution in [1.29, 1.82) is 0 Å². The summed E-state index contributed by atoms with van der Waals surface area (Å²) in [6.45, 7) is -1.60. The van der Waals surface area contributed by atoms with Gasteiger partial charge in [-0.15, -0.1) is 0 Å². The van der Waals surface area contributed by atoms with Gasteiger partial charge in [0, 0.05) is 13.1 Å². The lowest BCUT2D eigenvalue weighted by atomic mass is 10.1. The molecule has 1 unspecified atom stereocenters. The molecule has 0 radical (unpaired) electrons. The van der Waals surface area contributed by atoms with E-state index in [0.29, 0.717) is 5.56 Å². The molecule has 11 heteroatoms. The monoisotopic (exact) mass is 420 g/mol. The summed E-state index contributed by atoms with van der Waals surface area (Å²) in [6.07, 6.45) is 0. The van der Waals surface area contributed by atoms with Crippen LogP contribution in [0.3, 0.4) is 0 Å². The van der Waals surface area contributed by atoms with Gasteiger partial charge in [0.05, 0.1) is 4.90 Å². The predicted molar refractivity (Wildman–Crippen MR) is 94.3 cm³/mol. The number of hydrogen-bond acceptors (Lipinski definition) is 5. The van der Waals surface area contributed by atoms with Crippen LogP contribution in [0.1, 0.15) is 18.5 Å². The Morgan fingerprint density at radius 1 is 1.00 bits per heavy atom. The molecule has 0 aliphatic rings. The summed E-state index contributed by atoms with van der Waals surface area (Å²) >= 11 is 0. The lowest BCUT2D eigenvalue weighted by Gasteiger charge is -2.25. The fraction of sp³-hybridized carbons (Fsp3) is 0.250. The highest BCUT2D eigenvalue weighted by molar-refractivity contribution is 7.89. The van der Waals surface area contributed by atoms with E-state index in [9.17, 15) is 25.6 Å². The van der Waals surface area contributed by atoms with Gasteiger partial charge in [-0.05, 0) is 36.8 Å². The molecule has 0 bridgehead atoms. The van der Waals surface area contributed by atoms with Crippen LogP contribution in [-0.2, 0) is 20.0 Å². The lowest BCUT2D eigenvalue weighted by molar-refractivity contribution is -0.0518. The highest BCUT2D eigenvalue weighted by Gasteiger charge is 2.30. The molecule has 2 rings (SSSR count). The average Bonchev–Trinajstić information content (AvgIpc) is 2.59. The van der Waals surface area contributed by atoms with E-state index in [1.807, 2.05) is 0 Å². The highest BCUT2D eigenvalue weighted by Crippen LogP contribution is 2.31. The molecule has 7 nitrogen and oxygen atoms in total. The van der Waals surface area contributed by atoms with E-state index in [1.54, 1.807) is 6.92 Å². The number of primary sulfonamides is 1. The van der Waals surface area contributed by atoms with Gasteiger partial charge in [0.2, 0.25) is 20.0 Å². The number of alkyl halides is 2. The van der Waals surface area contributed by atoms with E-state index in [0.717, 1.165) is 10.4 Å². The molecule has 148 valence electrons. The average molecular weight is 420 g/mol. The first-order chi connectivity index (χ1) is 12.4. The number of halogens is 2. The van der Waals surface area contributed by atoms with Gasteiger partial charge in [0.15, 0.2) is 0 Å². The third kappa shape index (κ3) is 4.80. The molecular weight excluding hydrogens is 402 g/mol. The number of sulfonamides is 2. The Morgan fingerprint density at radius 3 is 2.07 bits per heavy atom. The Balaban J connectivity index is 2.37. The molecule has 0 aliphatic carbocycles. The van der Waals surface area contributed by atoms with Gasteiger partial charge in [-0.3, -0.25) is 0 Å². The number of nitrogens with zero attached hydrogens (tertiary/aromatic N) is 1. The summed E-state index contributed by atoms with van der Waals surface area (Å²) in [5.74, 6) is -0.462. The fourth-order valence-corrected chi connectivity index (χ4v) is 4.35. The largest absolute Gasteiger partial charge is 0.433 e. The molecule has 0 spiro atoms. The Hall–Kier alpha value is -2.08. The van der Waals surface area contributed by atoms with Gasteiger partial charge >= 0.3 is 6.61 Å². The molecule has 0 aliphatic heterocycles. The number of benzene rings is 2. The number of nitrogens with two attached hydrogens (primary N) is 1. The minimum atomic E-state index is -4.17. The number of para-hydroxylation sites is 1. The highest BCUT2D eigenvalue weighted by atomic mass is 32.2. The van der Waals surface area contributed by atoms with Crippen molar-refractivity contribution >= 4 is 20.0 Å². The normalized spacial score (nSPS) is 13.7. The summed E-state index contributed by atoms with van der Waals surface area (Å²) in [6, 6.07) is 9.74. The first-order valence-corrected chi connectivity index (χ1v) is 10.6. The molecular formula is C16H18F2N2O5S2. The Bertz CT molecular complexity index is 1010. The Morgan fingerprint density at radius 2 is 1.56 bits per heavy atom. The number of hydrogen-bond donors (Lipinski definition) is 1. The molecule has 2 aromatic rings. The predicted octanol–water partition coefficient (Wildman–Crippen LogP) is 2.32. The molecule has 0 saturated heterocycles. The van der Waals surface area contributed by atoms with Crippen molar-refractivity contribution in [1.82, 2.24) is 4.31 Å². The van der Waals surface area contributed by atoms with E-state index < -0.39 is 43.3 Å². The van der Waals surface area contributed by atoms with Gasteiger partial charge < -0.3 is 4.74 Å². The number of ether oxygens (including phenoxy) is 1. The van der Waals surface area contributed by atoms with Gasteiger partial charge in [-0.1, -0.05) is 24.3 Å². The van der Waals surface area contributed by atoms with Crippen LogP contribution in [0.25, 0.3) is 0 Å². The molecule has 2 aromatic carbocycles. The first-order valence-electron chi connectivity index (χ1n) is 7.59. The third-order valence-corrected chi connectivity index (χ3v) is 6.86. The SMILES string of the molecule is CC(c1ccc(S(N)(=O)=O)cc1)N(C)S(=O)(=O)c1ccccc1OC(F)F. The van der Waals surface area contributed by atoms with Gasteiger partial charge in [-0.2, -0.15) is 13.1 Å².